The van der Waals surface area contributed by atoms with Crippen LogP contribution in [0.25, 0.3) is 0 Å². The van der Waals surface area contributed by atoms with Gasteiger partial charge in [0, 0.05) is 24.7 Å². The highest BCUT2D eigenvalue weighted by Gasteiger charge is 2.54. The van der Waals surface area contributed by atoms with Gasteiger partial charge in [0.25, 0.3) is 0 Å². The first-order valence-corrected chi connectivity index (χ1v) is 9.06. The van der Waals surface area contributed by atoms with Gasteiger partial charge in [-0.05, 0) is 68.4 Å². The zero-order valence-corrected chi connectivity index (χ0v) is 13.9. The second-order valence-corrected chi connectivity index (χ2v) is 7.89. The van der Waals surface area contributed by atoms with Crippen LogP contribution in [0.2, 0.25) is 0 Å². The van der Waals surface area contributed by atoms with E-state index in [1.165, 1.54) is 19.3 Å². The zero-order valence-electron chi connectivity index (χ0n) is 13.9. The molecule has 1 aromatic heterocycles. The monoisotopic (exact) mass is 324 g/mol. The van der Waals surface area contributed by atoms with Gasteiger partial charge in [-0.3, -0.25) is 4.79 Å². The van der Waals surface area contributed by atoms with Crippen molar-refractivity contribution in [2.75, 3.05) is 18.4 Å². The first-order valence-electron chi connectivity index (χ1n) is 9.06. The summed E-state index contributed by atoms with van der Waals surface area (Å²) in [6.45, 7) is 1.16. The molecule has 5 heteroatoms. The third kappa shape index (κ3) is 2.75. The molecule has 5 rings (SSSR count). The average molecular weight is 324 g/mol. The van der Waals surface area contributed by atoms with Crippen molar-refractivity contribution in [1.29, 1.82) is 5.26 Å². The Morgan fingerprint density at radius 2 is 1.88 bits per heavy atom. The Labute approximate surface area is 142 Å². The number of amides is 1. The molecule has 0 unspecified atom stereocenters. The predicted molar refractivity (Wildman–Crippen MR) is 91.1 cm³/mol. The fourth-order valence-electron chi connectivity index (χ4n) is 5.57. The lowest BCUT2D eigenvalue weighted by Gasteiger charge is -2.55. The maximum absolute atomic E-state index is 12.8. The van der Waals surface area contributed by atoms with Gasteiger partial charge in [-0.1, -0.05) is 0 Å². The summed E-state index contributed by atoms with van der Waals surface area (Å²) >= 11 is 0. The summed E-state index contributed by atoms with van der Waals surface area (Å²) in [6.07, 6.45) is 9.00. The summed E-state index contributed by atoms with van der Waals surface area (Å²) in [7, 11) is 0. The second-order valence-electron chi connectivity index (χ2n) is 7.89. The number of hydrogen-bond acceptors (Lipinski definition) is 4. The van der Waals surface area contributed by atoms with E-state index in [1.807, 2.05) is 0 Å². The summed E-state index contributed by atoms with van der Waals surface area (Å²) in [5.41, 5.74) is 0.447. The maximum atomic E-state index is 12.8. The van der Waals surface area contributed by atoms with Crippen LogP contribution in [0.1, 0.15) is 44.1 Å². The lowest BCUT2D eigenvalue weighted by atomic mass is 9.49. The summed E-state index contributed by atoms with van der Waals surface area (Å²) in [5.74, 6) is 3.19. The molecule has 0 spiro atoms. The minimum Gasteiger partial charge on any atom is -0.367 e. The lowest BCUT2D eigenvalue weighted by Crippen LogP contribution is -2.54. The molecule has 4 fully saturated rings. The highest BCUT2D eigenvalue weighted by Crippen LogP contribution is 2.60. The van der Waals surface area contributed by atoms with Gasteiger partial charge in [0.1, 0.15) is 11.9 Å². The van der Waals surface area contributed by atoms with Crippen molar-refractivity contribution in [1.82, 2.24) is 10.3 Å². The number of carbonyl (C=O) groups excluding carboxylic acids is 1. The summed E-state index contributed by atoms with van der Waals surface area (Å²) in [6, 6.07) is 5.61. The van der Waals surface area contributed by atoms with E-state index in [4.69, 9.17) is 5.26 Å². The van der Waals surface area contributed by atoms with E-state index in [-0.39, 0.29) is 11.3 Å². The molecule has 24 heavy (non-hydrogen) atoms. The summed E-state index contributed by atoms with van der Waals surface area (Å²) in [4.78, 5) is 17.0. The summed E-state index contributed by atoms with van der Waals surface area (Å²) in [5, 5.41) is 15.3. The van der Waals surface area contributed by atoms with Gasteiger partial charge in [0.15, 0.2) is 0 Å². The van der Waals surface area contributed by atoms with Crippen molar-refractivity contribution in [3.8, 4) is 6.07 Å². The third-order valence-electron chi connectivity index (χ3n) is 6.15. The molecule has 4 saturated carbocycles. The Balaban J connectivity index is 1.31. The van der Waals surface area contributed by atoms with Gasteiger partial charge in [-0.2, -0.15) is 5.26 Å². The number of nitrogens with one attached hydrogen (secondary N) is 2. The van der Waals surface area contributed by atoms with Crippen LogP contribution in [0.3, 0.4) is 0 Å². The highest BCUT2D eigenvalue weighted by atomic mass is 16.2. The van der Waals surface area contributed by atoms with Crippen LogP contribution in [0.4, 0.5) is 5.82 Å². The van der Waals surface area contributed by atoms with E-state index in [0.717, 1.165) is 37.0 Å². The quantitative estimate of drug-likeness (QED) is 0.816. The number of carbonyl (C=O) groups is 1. The fraction of sp³-hybridized carbons (Fsp3) is 0.632. The van der Waals surface area contributed by atoms with E-state index in [1.54, 1.807) is 18.3 Å². The number of pyridine rings is 1. The SMILES string of the molecule is N#Cc1cccnc1NCCNC(=O)C12CC3CC(CC(C3)C1)C2. The molecule has 0 aliphatic heterocycles. The Morgan fingerprint density at radius 3 is 2.50 bits per heavy atom. The number of hydrogen-bond donors (Lipinski definition) is 2. The van der Waals surface area contributed by atoms with E-state index in [9.17, 15) is 4.79 Å². The Kier molecular flexibility index (Phi) is 3.91. The van der Waals surface area contributed by atoms with E-state index >= 15 is 0 Å². The average Bonchev–Trinajstić information content (AvgIpc) is 2.57. The van der Waals surface area contributed by atoms with Crippen LogP contribution in [0.5, 0.6) is 0 Å². The molecule has 126 valence electrons. The topological polar surface area (TPSA) is 77.8 Å². The molecule has 4 bridgehead atoms. The largest absolute Gasteiger partial charge is 0.367 e. The van der Waals surface area contributed by atoms with Crippen molar-refractivity contribution in [2.24, 2.45) is 23.2 Å². The van der Waals surface area contributed by atoms with E-state index in [2.05, 4.69) is 21.7 Å². The second kappa shape index (κ2) is 6.08. The lowest BCUT2D eigenvalue weighted by molar-refractivity contribution is -0.146. The molecule has 0 atom stereocenters. The molecule has 1 heterocycles. The van der Waals surface area contributed by atoms with Crippen LogP contribution >= 0.6 is 0 Å². The molecule has 0 aromatic carbocycles. The molecule has 1 amide bonds. The molecule has 4 aliphatic carbocycles. The van der Waals surface area contributed by atoms with E-state index in [0.29, 0.717) is 24.5 Å². The predicted octanol–water partition coefficient (Wildman–Crippen LogP) is 2.70. The number of aromatic nitrogens is 1. The van der Waals surface area contributed by atoms with Crippen LogP contribution < -0.4 is 10.6 Å². The number of nitriles is 1. The molecule has 0 saturated heterocycles. The third-order valence-corrected chi connectivity index (χ3v) is 6.15. The maximum Gasteiger partial charge on any atom is 0.226 e. The van der Waals surface area contributed by atoms with Gasteiger partial charge in [-0.25, -0.2) is 4.98 Å². The van der Waals surface area contributed by atoms with Gasteiger partial charge in [0.05, 0.1) is 5.56 Å². The minimum atomic E-state index is -0.0858. The number of nitrogens with zero attached hydrogens (tertiary/aromatic N) is 2. The molecule has 2 N–H and O–H groups in total. The van der Waals surface area contributed by atoms with Crippen LogP contribution in [0, 0.1) is 34.5 Å². The van der Waals surface area contributed by atoms with Crippen molar-refractivity contribution >= 4 is 11.7 Å². The first kappa shape index (κ1) is 15.4. The normalized spacial score (nSPS) is 33.0. The van der Waals surface area contributed by atoms with Crippen molar-refractivity contribution in [2.45, 2.75) is 38.5 Å². The summed E-state index contributed by atoms with van der Waals surface area (Å²) < 4.78 is 0. The fourth-order valence-corrected chi connectivity index (χ4v) is 5.57. The standard InChI is InChI=1S/C19H24N4O/c20-12-16-2-1-3-21-17(16)22-4-5-23-18(24)19-9-13-6-14(10-19)8-15(7-13)11-19/h1-3,13-15H,4-11H2,(H,21,22)(H,23,24). The van der Waals surface area contributed by atoms with Gasteiger partial charge in [0.2, 0.25) is 5.91 Å². The van der Waals surface area contributed by atoms with Crippen LogP contribution in [0.15, 0.2) is 18.3 Å². The van der Waals surface area contributed by atoms with Crippen LogP contribution in [-0.2, 0) is 4.79 Å². The minimum absolute atomic E-state index is 0.0858. The van der Waals surface area contributed by atoms with Crippen molar-refractivity contribution in [3.05, 3.63) is 23.9 Å². The zero-order chi connectivity index (χ0) is 16.6. The Morgan fingerprint density at radius 1 is 1.21 bits per heavy atom. The Hall–Kier alpha value is -2.09. The Bertz CT molecular complexity index is 643. The van der Waals surface area contributed by atoms with Crippen molar-refractivity contribution < 1.29 is 4.79 Å². The van der Waals surface area contributed by atoms with E-state index < -0.39 is 0 Å². The molecule has 4 aliphatic rings. The molecular weight excluding hydrogens is 300 g/mol. The highest BCUT2D eigenvalue weighted by molar-refractivity contribution is 5.83. The molecule has 1 aromatic rings. The molecule has 5 nitrogen and oxygen atoms in total. The van der Waals surface area contributed by atoms with Gasteiger partial charge in [-0.15, -0.1) is 0 Å². The van der Waals surface area contributed by atoms with Crippen LogP contribution in [-0.4, -0.2) is 24.0 Å². The number of anilines is 1. The molecular formula is C19H24N4O. The molecule has 0 radical (unpaired) electrons. The first-order chi connectivity index (χ1) is 11.7. The van der Waals surface area contributed by atoms with Gasteiger partial charge < -0.3 is 10.6 Å². The van der Waals surface area contributed by atoms with Gasteiger partial charge >= 0.3 is 0 Å². The van der Waals surface area contributed by atoms with Crippen molar-refractivity contribution in [3.63, 3.8) is 0 Å². The number of rotatable bonds is 5. The smallest absolute Gasteiger partial charge is 0.226 e.